The largest absolute Gasteiger partial charge is 0.0843 e. The molecule has 0 fully saturated rings. The topological polar surface area (TPSA) is 0 Å². The number of fused-ring (bicyclic) bond motifs is 3. The third-order valence-corrected chi connectivity index (χ3v) is 6.43. The van der Waals surface area contributed by atoms with Gasteiger partial charge in [-0.1, -0.05) is 73.9 Å². The second kappa shape index (κ2) is 5.77. The number of hydrogen-bond donors (Lipinski definition) is 0. The van der Waals surface area contributed by atoms with Gasteiger partial charge >= 0.3 is 0 Å². The lowest BCUT2D eigenvalue weighted by atomic mass is 9.67. The third-order valence-electron chi connectivity index (χ3n) is 6.20. The van der Waals surface area contributed by atoms with Crippen molar-refractivity contribution in [2.45, 2.75) is 45.4 Å². The average Bonchev–Trinajstić information content (AvgIpc) is 2.84. The van der Waals surface area contributed by atoms with Crippen molar-refractivity contribution in [1.29, 1.82) is 0 Å². The monoisotopic (exact) mass is 336 g/mol. The zero-order chi connectivity index (χ0) is 16.9. The van der Waals surface area contributed by atoms with E-state index in [9.17, 15) is 0 Å². The number of benzene rings is 2. The van der Waals surface area contributed by atoms with Crippen LogP contribution in [0.25, 0.3) is 11.1 Å². The van der Waals surface area contributed by atoms with Crippen molar-refractivity contribution in [1.82, 2.24) is 0 Å². The summed E-state index contributed by atoms with van der Waals surface area (Å²) < 4.78 is 0. The molecule has 0 amide bonds. The smallest absolute Gasteiger partial charge is 0.0409 e. The molecule has 2 aromatic carbocycles. The molecule has 0 nitrogen and oxygen atoms in total. The normalized spacial score (nSPS) is 28.2. The summed E-state index contributed by atoms with van der Waals surface area (Å²) >= 11 is 6.40. The Labute approximate surface area is 150 Å². The van der Waals surface area contributed by atoms with Crippen molar-refractivity contribution in [2.75, 3.05) is 0 Å². The summed E-state index contributed by atoms with van der Waals surface area (Å²) in [5, 5.41) is 0.837. The SMILES string of the molecule is CCC1CC(C2(C)c3ccccc3-c3ccc(Cl)cc32)=CC(C)C1. The molecule has 0 aromatic heterocycles. The fourth-order valence-corrected chi connectivity index (χ4v) is 5.06. The van der Waals surface area contributed by atoms with Crippen molar-refractivity contribution in [3.8, 4) is 11.1 Å². The molecule has 24 heavy (non-hydrogen) atoms. The summed E-state index contributed by atoms with van der Waals surface area (Å²) in [5.74, 6) is 1.46. The maximum atomic E-state index is 6.40. The van der Waals surface area contributed by atoms with E-state index >= 15 is 0 Å². The summed E-state index contributed by atoms with van der Waals surface area (Å²) in [6, 6.07) is 15.3. The molecule has 1 heteroatoms. The van der Waals surface area contributed by atoms with E-state index in [4.69, 9.17) is 11.6 Å². The molecule has 0 bridgehead atoms. The van der Waals surface area contributed by atoms with Gasteiger partial charge in [-0.15, -0.1) is 0 Å². The Hall–Kier alpha value is -1.53. The average molecular weight is 337 g/mol. The standard InChI is InChI=1S/C23H25Cl/c1-4-16-11-15(2)12-17(13-16)23(3)21-8-6-5-7-19(21)20-10-9-18(24)14-22(20)23/h5-10,12,14-16H,4,11,13H2,1-3H3. The maximum Gasteiger partial charge on any atom is 0.0409 e. The summed E-state index contributed by atoms with van der Waals surface area (Å²) in [5.41, 5.74) is 7.09. The van der Waals surface area contributed by atoms with Crippen molar-refractivity contribution >= 4 is 11.6 Å². The zero-order valence-corrected chi connectivity index (χ0v) is 15.5. The van der Waals surface area contributed by atoms with Gasteiger partial charge in [0.1, 0.15) is 0 Å². The van der Waals surface area contributed by atoms with Crippen LogP contribution in [-0.2, 0) is 5.41 Å². The summed E-state index contributed by atoms with van der Waals surface area (Å²) in [6.07, 6.45) is 6.33. The van der Waals surface area contributed by atoms with E-state index in [1.165, 1.54) is 41.5 Å². The molecule has 0 saturated heterocycles. The molecule has 0 saturated carbocycles. The lowest BCUT2D eigenvalue weighted by Gasteiger charge is -2.37. The Morgan fingerprint density at radius 1 is 1.08 bits per heavy atom. The minimum atomic E-state index is -0.0427. The van der Waals surface area contributed by atoms with E-state index in [0.717, 1.165) is 10.9 Å². The lowest BCUT2D eigenvalue weighted by Crippen LogP contribution is -2.28. The van der Waals surface area contributed by atoms with Crippen LogP contribution in [0.2, 0.25) is 5.02 Å². The molecule has 3 unspecified atom stereocenters. The van der Waals surface area contributed by atoms with Crippen molar-refractivity contribution in [3.63, 3.8) is 0 Å². The minimum Gasteiger partial charge on any atom is -0.0843 e. The Bertz CT molecular complexity index is 817. The molecule has 0 N–H and O–H groups in total. The number of rotatable bonds is 2. The molecular formula is C23H25Cl. The van der Waals surface area contributed by atoms with Gasteiger partial charge in [0.2, 0.25) is 0 Å². The van der Waals surface area contributed by atoms with Gasteiger partial charge in [-0.25, -0.2) is 0 Å². The second-order valence-corrected chi connectivity index (χ2v) is 8.18. The molecule has 2 aliphatic rings. The number of allylic oxidation sites excluding steroid dienone is 2. The van der Waals surface area contributed by atoms with Crippen molar-refractivity contribution in [2.24, 2.45) is 11.8 Å². The van der Waals surface area contributed by atoms with Crippen LogP contribution in [0.3, 0.4) is 0 Å². The first kappa shape index (κ1) is 16.0. The summed E-state index contributed by atoms with van der Waals surface area (Å²) in [6.45, 7) is 7.10. The van der Waals surface area contributed by atoms with Crippen molar-refractivity contribution in [3.05, 3.63) is 70.3 Å². The highest BCUT2D eigenvalue weighted by molar-refractivity contribution is 6.30. The highest BCUT2D eigenvalue weighted by Crippen LogP contribution is 2.55. The molecule has 0 spiro atoms. The molecule has 0 aliphatic heterocycles. The van der Waals surface area contributed by atoms with Crippen LogP contribution < -0.4 is 0 Å². The summed E-state index contributed by atoms with van der Waals surface area (Å²) in [7, 11) is 0. The second-order valence-electron chi connectivity index (χ2n) is 7.74. The van der Waals surface area contributed by atoms with E-state index in [1.807, 2.05) is 6.07 Å². The van der Waals surface area contributed by atoms with Crippen LogP contribution in [-0.4, -0.2) is 0 Å². The first-order chi connectivity index (χ1) is 11.5. The Kier molecular flexibility index (Phi) is 3.84. The molecular weight excluding hydrogens is 312 g/mol. The van der Waals surface area contributed by atoms with Gasteiger partial charge in [0.25, 0.3) is 0 Å². The first-order valence-electron chi connectivity index (χ1n) is 9.15. The van der Waals surface area contributed by atoms with Gasteiger partial charge in [-0.05, 0) is 66.0 Å². The highest BCUT2D eigenvalue weighted by atomic mass is 35.5. The van der Waals surface area contributed by atoms with Crippen LogP contribution in [0.5, 0.6) is 0 Å². The lowest BCUT2D eigenvalue weighted by molar-refractivity contribution is 0.373. The fourth-order valence-electron chi connectivity index (χ4n) is 4.89. The van der Waals surface area contributed by atoms with Crippen LogP contribution in [0.1, 0.15) is 51.2 Å². The van der Waals surface area contributed by atoms with Gasteiger partial charge in [-0.2, -0.15) is 0 Å². The van der Waals surface area contributed by atoms with Gasteiger partial charge in [-0.3, -0.25) is 0 Å². The highest BCUT2D eigenvalue weighted by Gasteiger charge is 2.43. The molecule has 124 valence electrons. The zero-order valence-electron chi connectivity index (χ0n) is 14.8. The molecule has 4 rings (SSSR count). The summed E-state index contributed by atoms with van der Waals surface area (Å²) in [4.78, 5) is 0. The number of hydrogen-bond acceptors (Lipinski definition) is 0. The molecule has 0 radical (unpaired) electrons. The van der Waals surface area contributed by atoms with Crippen LogP contribution in [0, 0.1) is 11.8 Å². The van der Waals surface area contributed by atoms with Gasteiger partial charge in [0, 0.05) is 10.4 Å². The Balaban J connectivity index is 1.95. The molecule has 0 heterocycles. The van der Waals surface area contributed by atoms with Gasteiger partial charge in [0.05, 0.1) is 0 Å². The van der Waals surface area contributed by atoms with E-state index in [2.05, 4.69) is 63.2 Å². The van der Waals surface area contributed by atoms with Crippen LogP contribution in [0.15, 0.2) is 54.1 Å². The Morgan fingerprint density at radius 3 is 2.62 bits per heavy atom. The first-order valence-corrected chi connectivity index (χ1v) is 9.53. The molecule has 2 aromatic rings. The third kappa shape index (κ3) is 2.27. The quantitative estimate of drug-likeness (QED) is 0.517. The van der Waals surface area contributed by atoms with Gasteiger partial charge < -0.3 is 0 Å². The van der Waals surface area contributed by atoms with E-state index in [0.29, 0.717) is 5.92 Å². The predicted octanol–water partition coefficient (Wildman–Crippen LogP) is 7.01. The molecule has 2 aliphatic carbocycles. The van der Waals surface area contributed by atoms with Crippen molar-refractivity contribution < 1.29 is 0 Å². The number of halogens is 1. The molecule has 3 atom stereocenters. The fraction of sp³-hybridized carbons (Fsp3) is 0.391. The maximum absolute atomic E-state index is 6.40. The van der Waals surface area contributed by atoms with Crippen LogP contribution >= 0.6 is 11.6 Å². The van der Waals surface area contributed by atoms with E-state index in [-0.39, 0.29) is 5.41 Å². The predicted molar refractivity (Wildman–Crippen MR) is 104 cm³/mol. The van der Waals surface area contributed by atoms with Gasteiger partial charge in [0.15, 0.2) is 0 Å². The minimum absolute atomic E-state index is 0.0427. The van der Waals surface area contributed by atoms with Crippen LogP contribution in [0.4, 0.5) is 0 Å². The van der Waals surface area contributed by atoms with E-state index in [1.54, 1.807) is 5.57 Å². The Morgan fingerprint density at radius 2 is 1.83 bits per heavy atom. The van der Waals surface area contributed by atoms with E-state index < -0.39 is 0 Å².